The van der Waals surface area contributed by atoms with Gasteiger partial charge in [-0.25, -0.2) is 9.97 Å². The third-order valence-electron chi connectivity index (χ3n) is 5.64. The molecule has 2 N–H and O–H groups in total. The number of amides is 2. The highest BCUT2D eigenvalue weighted by Crippen LogP contribution is 2.34. The number of methoxy groups -OCH3 is 1. The second kappa shape index (κ2) is 9.97. The van der Waals surface area contributed by atoms with E-state index in [-0.39, 0.29) is 30.1 Å². The molecule has 8 nitrogen and oxygen atoms in total. The molecule has 2 amide bonds. The summed E-state index contributed by atoms with van der Waals surface area (Å²) < 4.78 is 5.28. The Morgan fingerprint density at radius 1 is 1.26 bits per heavy atom. The molecule has 0 aliphatic carbocycles. The summed E-state index contributed by atoms with van der Waals surface area (Å²) in [4.78, 5) is 34.9. The molecule has 0 unspecified atom stereocenters. The zero-order chi connectivity index (χ0) is 24.4. The summed E-state index contributed by atoms with van der Waals surface area (Å²) in [7, 11) is 1.53. The molecule has 2 atom stereocenters. The number of nitrogens with zero attached hydrogens (tertiary/aromatic N) is 3. The van der Waals surface area contributed by atoms with Gasteiger partial charge in [0.15, 0.2) is 6.23 Å². The third-order valence-corrected chi connectivity index (χ3v) is 6.10. The van der Waals surface area contributed by atoms with Crippen molar-refractivity contribution in [2.75, 3.05) is 7.11 Å². The summed E-state index contributed by atoms with van der Waals surface area (Å²) in [6.45, 7) is 1.89. The van der Waals surface area contributed by atoms with Gasteiger partial charge in [0.2, 0.25) is 11.2 Å². The Kier molecular flexibility index (Phi) is 7.02. The molecule has 176 valence electrons. The fourth-order valence-electron chi connectivity index (χ4n) is 3.85. The molecule has 0 radical (unpaired) electrons. The van der Waals surface area contributed by atoms with Crippen LogP contribution in [0.1, 0.15) is 40.9 Å². The molecule has 1 aromatic heterocycles. The van der Waals surface area contributed by atoms with Crippen LogP contribution >= 0.6 is 23.2 Å². The summed E-state index contributed by atoms with van der Waals surface area (Å²) in [6, 6.07) is 11.4. The summed E-state index contributed by atoms with van der Waals surface area (Å²) in [6.07, 6.45) is 0.308. The van der Waals surface area contributed by atoms with E-state index in [4.69, 9.17) is 27.9 Å². The molecule has 10 heteroatoms. The number of ether oxygens (including phenoxy) is 1. The molecule has 1 aliphatic heterocycles. The highest BCUT2D eigenvalue weighted by Gasteiger charge is 2.37. The number of fused-ring (bicyclic) bond motifs is 1. The van der Waals surface area contributed by atoms with Crippen molar-refractivity contribution >= 4 is 35.0 Å². The van der Waals surface area contributed by atoms with E-state index in [2.05, 4.69) is 15.3 Å². The van der Waals surface area contributed by atoms with Crippen LogP contribution in [0.3, 0.4) is 0 Å². The van der Waals surface area contributed by atoms with E-state index < -0.39 is 12.3 Å². The number of hydrogen-bond acceptors (Lipinski definition) is 6. The largest absolute Gasteiger partial charge is 0.497 e. The number of carbonyl (C=O) groups is 2. The van der Waals surface area contributed by atoms with E-state index in [0.29, 0.717) is 33.2 Å². The number of aromatic nitrogens is 2. The van der Waals surface area contributed by atoms with Crippen LogP contribution < -0.4 is 10.1 Å². The van der Waals surface area contributed by atoms with Crippen LogP contribution in [0.4, 0.5) is 0 Å². The van der Waals surface area contributed by atoms with Crippen molar-refractivity contribution in [2.45, 2.75) is 32.2 Å². The van der Waals surface area contributed by atoms with Crippen molar-refractivity contribution in [3.05, 3.63) is 75.7 Å². The van der Waals surface area contributed by atoms with Gasteiger partial charge in [-0.2, -0.15) is 0 Å². The number of aliphatic hydroxyl groups is 1. The van der Waals surface area contributed by atoms with Crippen molar-refractivity contribution in [1.82, 2.24) is 20.2 Å². The molecule has 0 bridgehead atoms. The Morgan fingerprint density at radius 3 is 2.79 bits per heavy atom. The Labute approximate surface area is 206 Å². The minimum Gasteiger partial charge on any atom is -0.497 e. The third kappa shape index (κ3) is 4.70. The van der Waals surface area contributed by atoms with Gasteiger partial charge in [-0.3, -0.25) is 9.59 Å². The quantitative estimate of drug-likeness (QED) is 0.475. The molecule has 0 saturated carbocycles. The number of aliphatic hydroxyl groups excluding tert-OH is 1. The molecule has 3 aromatic rings. The van der Waals surface area contributed by atoms with E-state index in [1.807, 2.05) is 0 Å². The van der Waals surface area contributed by atoms with E-state index in [1.54, 1.807) is 49.4 Å². The highest BCUT2D eigenvalue weighted by atomic mass is 35.5. The Balaban J connectivity index is 1.66. The Hall–Kier alpha value is -3.20. The molecule has 0 spiro atoms. The topological polar surface area (TPSA) is 105 Å². The van der Waals surface area contributed by atoms with Gasteiger partial charge in [0.1, 0.15) is 5.75 Å². The zero-order valence-corrected chi connectivity index (χ0v) is 20.0. The fourth-order valence-corrected chi connectivity index (χ4v) is 4.19. The number of halogens is 2. The maximum Gasteiger partial charge on any atom is 0.256 e. The molecule has 0 saturated heterocycles. The van der Waals surface area contributed by atoms with Crippen LogP contribution in [0.15, 0.2) is 48.7 Å². The predicted octanol–water partition coefficient (Wildman–Crippen LogP) is 4.00. The van der Waals surface area contributed by atoms with Gasteiger partial charge >= 0.3 is 0 Å². The molecule has 2 aromatic carbocycles. The van der Waals surface area contributed by atoms with Crippen molar-refractivity contribution in [2.24, 2.45) is 0 Å². The van der Waals surface area contributed by atoms with Crippen LogP contribution in [-0.2, 0) is 11.3 Å². The van der Waals surface area contributed by atoms with Gasteiger partial charge in [-0.15, -0.1) is 0 Å². The molecule has 4 rings (SSSR count). The number of rotatable bonds is 7. The van der Waals surface area contributed by atoms with Crippen LogP contribution in [0.25, 0.3) is 11.3 Å². The van der Waals surface area contributed by atoms with E-state index in [9.17, 15) is 14.7 Å². The van der Waals surface area contributed by atoms with E-state index in [0.717, 1.165) is 5.56 Å². The first-order valence-corrected chi connectivity index (χ1v) is 11.3. The van der Waals surface area contributed by atoms with Gasteiger partial charge in [-0.05, 0) is 40.9 Å². The maximum atomic E-state index is 13.3. The molecular weight excluding hydrogens is 479 g/mol. The van der Waals surface area contributed by atoms with Crippen molar-refractivity contribution in [3.63, 3.8) is 0 Å². The minimum atomic E-state index is -1.32. The lowest BCUT2D eigenvalue weighted by molar-refractivity contribution is -0.123. The average Bonchev–Trinajstić information content (AvgIpc) is 3.19. The van der Waals surface area contributed by atoms with Gasteiger partial charge < -0.3 is 20.1 Å². The van der Waals surface area contributed by atoms with Crippen LogP contribution in [0.2, 0.25) is 10.3 Å². The maximum absolute atomic E-state index is 13.3. The lowest BCUT2D eigenvalue weighted by Crippen LogP contribution is -2.46. The van der Waals surface area contributed by atoms with Crippen molar-refractivity contribution in [3.8, 4) is 17.0 Å². The lowest BCUT2D eigenvalue weighted by Gasteiger charge is -2.31. The molecule has 0 fully saturated rings. The second-order valence-electron chi connectivity index (χ2n) is 7.73. The standard InChI is InChI=1S/C24H22Cl2N4O4/c1-3-19(31)28-21(13-5-4-6-16(9-13)34-2)23(33)30-12-15-8-7-14(10-17(15)22(30)32)20-18(25)11-27-24(26)29-20/h4-11,21,23,33H,3,12H2,1-2H3,(H,28,31)/t21-,23+/m0/s1. The van der Waals surface area contributed by atoms with Gasteiger partial charge in [-0.1, -0.05) is 42.8 Å². The Morgan fingerprint density at radius 2 is 2.06 bits per heavy atom. The monoisotopic (exact) mass is 500 g/mol. The van der Waals surface area contributed by atoms with Gasteiger partial charge in [0.05, 0.1) is 30.1 Å². The summed E-state index contributed by atoms with van der Waals surface area (Å²) >= 11 is 12.1. The van der Waals surface area contributed by atoms with Gasteiger partial charge in [0.25, 0.3) is 5.91 Å². The summed E-state index contributed by atoms with van der Waals surface area (Å²) in [5.74, 6) is -0.0608. The first-order valence-electron chi connectivity index (χ1n) is 10.6. The SMILES string of the molecule is CCC(=O)N[C@@H](c1cccc(OC)c1)[C@@H](O)N1Cc2ccc(-c3nc(Cl)ncc3Cl)cc2C1=O. The highest BCUT2D eigenvalue weighted by molar-refractivity contribution is 6.33. The summed E-state index contributed by atoms with van der Waals surface area (Å²) in [5.41, 5.74) is 2.76. The van der Waals surface area contributed by atoms with E-state index >= 15 is 0 Å². The van der Waals surface area contributed by atoms with Crippen molar-refractivity contribution in [1.29, 1.82) is 0 Å². The minimum absolute atomic E-state index is 0.0380. The molecule has 34 heavy (non-hydrogen) atoms. The first kappa shape index (κ1) is 23.9. The van der Waals surface area contributed by atoms with E-state index in [1.165, 1.54) is 18.2 Å². The van der Waals surface area contributed by atoms with Crippen LogP contribution in [-0.4, -0.2) is 45.1 Å². The predicted molar refractivity (Wildman–Crippen MR) is 128 cm³/mol. The number of benzene rings is 2. The second-order valence-corrected chi connectivity index (χ2v) is 8.47. The van der Waals surface area contributed by atoms with Crippen molar-refractivity contribution < 1.29 is 19.4 Å². The fraction of sp³-hybridized carbons (Fsp3) is 0.250. The molecular formula is C24H22Cl2N4O4. The molecule has 1 aliphatic rings. The average molecular weight is 501 g/mol. The zero-order valence-electron chi connectivity index (χ0n) is 18.5. The summed E-state index contributed by atoms with van der Waals surface area (Å²) in [5, 5.41) is 14.4. The van der Waals surface area contributed by atoms with Gasteiger partial charge in [0, 0.05) is 24.1 Å². The number of carbonyl (C=O) groups excluding carboxylic acids is 2. The normalized spacial score (nSPS) is 14.5. The smallest absolute Gasteiger partial charge is 0.256 e. The lowest BCUT2D eigenvalue weighted by atomic mass is 10.0. The Bertz CT molecular complexity index is 1250. The van der Waals surface area contributed by atoms with Crippen LogP contribution in [0, 0.1) is 0 Å². The first-order chi connectivity index (χ1) is 16.3. The number of hydrogen-bond donors (Lipinski definition) is 2. The molecule has 2 heterocycles. The van der Waals surface area contributed by atoms with Crippen LogP contribution in [0.5, 0.6) is 5.75 Å². The number of nitrogens with one attached hydrogen (secondary N) is 1.